The number of nitrogens with zero attached hydrogens (tertiary/aromatic N) is 1. The van der Waals surface area contributed by atoms with Crippen molar-refractivity contribution in [2.75, 3.05) is 39.9 Å². The molecule has 0 aromatic rings. The molecule has 0 aliphatic carbocycles. The first-order chi connectivity index (χ1) is 11.0. The van der Waals surface area contributed by atoms with E-state index in [0.29, 0.717) is 25.9 Å². The summed E-state index contributed by atoms with van der Waals surface area (Å²) >= 11 is 0. The topological polar surface area (TPSA) is 84.9 Å². The molecule has 0 radical (unpaired) electrons. The number of hydrogen-bond donors (Lipinski definition) is 1. The molecule has 0 aliphatic heterocycles. The molecule has 0 unspecified atom stereocenters. The van der Waals surface area contributed by atoms with Gasteiger partial charge in [0.2, 0.25) is 5.91 Å². The first-order valence-electron chi connectivity index (χ1n) is 8.26. The number of rotatable bonds is 12. The van der Waals surface area contributed by atoms with Crippen LogP contribution in [0.1, 0.15) is 40.0 Å². The largest absolute Gasteiger partial charge is 0.465 e. The summed E-state index contributed by atoms with van der Waals surface area (Å²) in [7, 11) is 1.60. The van der Waals surface area contributed by atoms with Gasteiger partial charge in [0, 0.05) is 7.05 Å². The van der Waals surface area contributed by atoms with Crippen LogP contribution in [0.25, 0.3) is 0 Å². The number of amides is 1. The normalized spacial score (nSPS) is 10.7. The molecule has 134 valence electrons. The van der Waals surface area contributed by atoms with Gasteiger partial charge in [0.15, 0.2) is 5.92 Å². The SMILES string of the molecule is CCCN(CCCC(C(=O)OCC)C(=O)OCC)CC(=O)NC. The molecule has 0 bridgehead atoms. The van der Waals surface area contributed by atoms with Crippen LogP contribution in [0.4, 0.5) is 0 Å². The zero-order valence-electron chi connectivity index (χ0n) is 14.7. The average Bonchev–Trinajstić information content (AvgIpc) is 2.51. The summed E-state index contributed by atoms with van der Waals surface area (Å²) in [5, 5.41) is 2.59. The van der Waals surface area contributed by atoms with Gasteiger partial charge in [-0.1, -0.05) is 6.92 Å². The van der Waals surface area contributed by atoms with Crippen molar-refractivity contribution < 1.29 is 23.9 Å². The summed E-state index contributed by atoms with van der Waals surface area (Å²) < 4.78 is 9.88. The Kier molecular flexibility index (Phi) is 12.0. The summed E-state index contributed by atoms with van der Waals surface area (Å²) in [6, 6.07) is 0. The van der Waals surface area contributed by atoms with E-state index in [-0.39, 0.29) is 19.1 Å². The molecule has 23 heavy (non-hydrogen) atoms. The Morgan fingerprint density at radius 1 is 1.00 bits per heavy atom. The van der Waals surface area contributed by atoms with Gasteiger partial charge in [0.05, 0.1) is 19.8 Å². The van der Waals surface area contributed by atoms with E-state index < -0.39 is 17.9 Å². The van der Waals surface area contributed by atoms with Gasteiger partial charge in [-0.25, -0.2) is 0 Å². The van der Waals surface area contributed by atoms with Crippen LogP contribution in [-0.4, -0.2) is 62.6 Å². The van der Waals surface area contributed by atoms with E-state index in [1.165, 1.54) is 0 Å². The summed E-state index contributed by atoms with van der Waals surface area (Å²) in [5.74, 6) is -2.03. The van der Waals surface area contributed by atoms with Crippen LogP contribution in [0.15, 0.2) is 0 Å². The average molecular weight is 330 g/mol. The van der Waals surface area contributed by atoms with Gasteiger partial charge >= 0.3 is 11.9 Å². The lowest BCUT2D eigenvalue weighted by Gasteiger charge is -2.21. The number of nitrogens with one attached hydrogen (secondary N) is 1. The van der Waals surface area contributed by atoms with E-state index in [0.717, 1.165) is 13.0 Å². The van der Waals surface area contributed by atoms with Gasteiger partial charge in [-0.05, 0) is 46.2 Å². The Labute approximate surface area is 138 Å². The molecule has 7 heteroatoms. The highest BCUT2D eigenvalue weighted by Gasteiger charge is 2.29. The Morgan fingerprint density at radius 2 is 1.57 bits per heavy atom. The number of carbonyl (C=O) groups excluding carboxylic acids is 3. The Hall–Kier alpha value is -1.63. The van der Waals surface area contributed by atoms with Gasteiger partial charge in [-0.2, -0.15) is 0 Å². The minimum atomic E-state index is -0.890. The maximum atomic E-state index is 11.9. The van der Waals surface area contributed by atoms with Crippen molar-refractivity contribution in [2.24, 2.45) is 5.92 Å². The van der Waals surface area contributed by atoms with Crippen LogP contribution in [0, 0.1) is 5.92 Å². The minimum absolute atomic E-state index is 0.0502. The minimum Gasteiger partial charge on any atom is -0.465 e. The van der Waals surface area contributed by atoms with Gasteiger partial charge < -0.3 is 14.8 Å². The third-order valence-electron chi connectivity index (χ3n) is 3.30. The van der Waals surface area contributed by atoms with E-state index in [9.17, 15) is 14.4 Å². The molecule has 1 amide bonds. The maximum Gasteiger partial charge on any atom is 0.320 e. The fourth-order valence-corrected chi connectivity index (χ4v) is 2.20. The highest BCUT2D eigenvalue weighted by molar-refractivity contribution is 5.94. The first kappa shape index (κ1) is 21.4. The summed E-state index contributed by atoms with van der Waals surface area (Å²) in [6.45, 7) is 7.64. The molecule has 0 fully saturated rings. The highest BCUT2D eigenvalue weighted by atomic mass is 16.6. The molecule has 0 aromatic carbocycles. The third kappa shape index (κ3) is 9.18. The van der Waals surface area contributed by atoms with Crippen molar-refractivity contribution in [1.82, 2.24) is 10.2 Å². The standard InChI is InChI=1S/C16H30N2O5/c1-5-10-18(12-14(19)17-4)11-8-9-13(15(20)22-6-2)16(21)23-7-3/h13H,5-12H2,1-4H3,(H,17,19). The number of likely N-dealkylation sites (N-methyl/N-ethyl adjacent to an activating group) is 1. The smallest absolute Gasteiger partial charge is 0.320 e. The van der Waals surface area contributed by atoms with Crippen LogP contribution in [-0.2, 0) is 23.9 Å². The Bertz CT molecular complexity index is 355. The summed E-state index contributed by atoms with van der Waals surface area (Å²) in [5.41, 5.74) is 0. The van der Waals surface area contributed by atoms with Crippen LogP contribution in [0.2, 0.25) is 0 Å². The second-order valence-electron chi connectivity index (χ2n) is 5.15. The molecule has 0 saturated heterocycles. The number of ether oxygens (including phenoxy) is 2. The molecule has 0 aliphatic rings. The molecule has 1 N–H and O–H groups in total. The van der Waals surface area contributed by atoms with Gasteiger partial charge in [-0.3, -0.25) is 19.3 Å². The van der Waals surface area contributed by atoms with Crippen molar-refractivity contribution in [3.63, 3.8) is 0 Å². The predicted molar refractivity (Wildman–Crippen MR) is 86.8 cm³/mol. The van der Waals surface area contributed by atoms with E-state index >= 15 is 0 Å². The van der Waals surface area contributed by atoms with Gasteiger partial charge in [-0.15, -0.1) is 0 Å². The van der Waals surface area contributed by atoms with E-state index in [2.05, 4.69) is 5.32 Å². The molecule has 0 rings (SSSR count). The summed E-state index contributed by atoms with van der Waals surface area (Å²) in [6.07, 6.45) is 1.89. The lowest BCUT2D eigenvalue weighted by atomic mass is 10.0. The molecule has 0 atom stereocenters. The van der Waals surface area contributed by atoms with Crippen molar-refractivity contribution in [3.05, 3.63) is 0 Å². The van der Waals surface area contributed by atoms with Crippen molar-refractivity contribution >= 4 is 17.8 Å². The number of esters is 2. The molecule has 0 saturated carbocycles. The lowest BCUT2D eigenvalue weighted by Crippen LogP contribution is -2.37. The molecule has 0 heterocycles. The van der Waals surface area contributed by atoms with Crippen molar-refractivity contribution in [2.45, 2.75) is 40.0 Å². The zero-order chi connectivity index (χ0) is 17.7. The van der Waals surface area contributed by atoms with E-state index in [4.69, 9.17) is 9.47 Å². The highest BCUT2D eigenvalue weighted by Crippen LogP contribution is 2.12. The molecular formula is C16H30N2O5. The van der Waals surface area contributed by atoms with Gasteiger partial charge in [0.25, 0.3) is 0 Å². The van der Waals surface area contributed by atoms with Crippen molar-refractivity contribution in [1.29, 1.82) is 0 Å². The number of hydrogen-bond acceptors (Lipinski definition) is 6. The summed E-state index contributed by atoms with van der Waals surface area (Å²) in [4.78, 5) is 37.3. The van der Waals surface area contributed by atoms with E-state index in [1.807, 2.05) is 11.8 Å². The predicted octanol–water partition coefficient (Wildman–Crippen LogP) is 0.967. The molecule has 0 aromatic heterocycles. The fraction of sp³-hybridized carbons (Fsp3) is 0.812. The zero-order valence-corrected chi connectivity index (χ0v) is 14.7. The molecular weight excluding hydrogens is 300 g/mol. The Balaban J connectivity index is 4.53. The second-order valence-corrected chi connectivity index (χ2v) is 5.15. The third-order valence-corrected chi connectivity index (χ3v) is 3.30. The van der Waals surface area contributed by atoms with Crippen molar-refractivity contribution in [3.8, 4) is 0 Å². The maximum absolute atomic E-state index is 11.9. The molecule has 7 nitrogen and oxygen atoms in total. The lowest BCUT2D eigenvalue weighted by molar-refractivity contribution is -0.162. The second kappa shape index (κ2) is 12.9. The van der Waals surface area contributed by atoms with Crippen LogP contribution in [0.5, 0.6) is 0 Å². The molecule has 0 spiro atoms. The van der Waals surface area contributed by atoms with Crippen LogP contribution in [0.3, 0.4) is 0 Å². The van der Waals surface area contributed by atoms with Crippen LogP contribution >= 0.6 is 0 Å². The first-order valence-corrected chi connectivity index (χ1v) is 8.26. The fourth-order valence-electron chi connectivity index (χ4n) is 2.20. The van der Waals surface area contributed by atoms with Crippen LogP contribution < -0.4 is 5.32 Å². The monoisotopic (exact) mass is 330 g/mol. The Morgan fingerprint density at radius 3 is 2.00 bits per heavy atom. The quantitative estimate of drug-likeness (QED) is 0.424. The van der Waals surface area contributed by atoms with E-state index in [1.54, 1.807) is 20.9 Å². The number of carbonyl (C=O) groups is 3. The van der Waals surface area contributed by atoms with Gasteiger partial charge in [0.1, 0.15) is 0 Å².